The second-order valence-electron chi connectivity index (χ2n) is 9.17. The number of hydrogen-bond acceptors (Lipinski definition) is 5. The van der Waals surface area contributed by atoms with Gasteiger partial charge < -0.3 is 25.7 Å². The molecule has 174 valence electrons. The molecule has 5 rings (SSSR count). The average Bonchev–Trinajstić information content (AvgIpc) is 3.18. The highest BCUT2D eigenvalue weighted by Gasteiger charge is 2.36. The van der Waals surface area contributed by atoms with E-state index in [9.17, 15) is 9.18 Å². The molecule has 0 aliphatic carbocycles. The summed E-state index contributed by atoms with van der Waals surface area (Å²) in [7, 11) is 1.41. The lowest BCUT2D eigenvalue weighted by Gasteiger charge is -2.42. The van der Waals surface area contributed by atoms with Gasteiger partial charge in [-0.3, -0.25) is 9.78 Å². The van der Waals surface area contributed by atoms with Crippen LogP contribution in [0.3, 0.4) is 0 Å². The number of fused-ring (bicyclic) bond motifs is 1. The standard InChI is InChI=1S/C26H26FN5O2/c1-26(2)14-30-20(26)8-7-15-13-28-11-9-16(15)22-23(21-18(31-22)10-12-29-25(21)33)32-19-6-4-5-17(27)24(19)34-3/h4-6,9,11,13,20,30-32H,10,12,14H2,1-3H3,(H,29,33). The van der Waals surface area contributed by atoms with Crippen LogP contribution in [0.2, 0.25) is 0 Å². The Morgan fingerprint density at radius 3 is 2.88 bits per heavy atom. The number of methoxy groups -OCH3 is 1. The lowest BCUT2D eigenvalue weighted by molar-refractivity contribution is 0.0947. The van der Waals surface area contributed by atoms with Gasteiger partial charge in [0, 0.05) is 48.6 Å². The molecule has 1 saturated heterocycles. The maximum absolute atomic E-state index is 14.4. The summed E-state index contributed by atoms with van der Waals surface area (Å²) in [4.78, 5) is 20.6. The number of halogens is 1. The molecular formula is C26H26FN5O2. The van der Waals surface area contributed by atoms with Crippen LogP contribution in [0.25, 0.3) is 11.3 Å². The van der Waals surface area contributed by atoms with Gasteiger partial charge in [0.1, 0.15) is 0 Å². The van der Waals surface area contributed by atoms with E-state index in [1.165, 1.54) is 13.2 Å². The Labute approximate surface area is 197 Å². The predicted octanol–water partition coefficient (Wildman–Crippen LogP) is 3.60. The molecule has 2 aliphatic heterocycles. The largest absolute Gasteiger partial charge is 0.492 e. The van der Waals surface area contributed by atoms with Gasteiger partial charge in [0.2, 0.25) is 0 Å². The Morgan fingerprint density at radius 1 is 1.29 bits per heavy atom. The number of aromatic amines is 1. The van der Waals surface area contributed by atoms with Gasteiger partial charge in [0.05, 0.1) is 41.3 Å². The van der Waals surface area contributed by atoms with Crippen molar-refractivity contribution < 1.29 is 13.9 Å². The minimum absolute atomic E-state index is 0.0765. The summed E-state index contributed by atoms with van der Waals surface area (Å²) in [6.07, 6.45) is 4.07. The molecule has 0 radical (unpaired) electrons. The Hall–Kier alpha value is -3.83. The summed E-state index contributed by atoms with van der Waals surface area (Å²) in [5.74, 6) is 5.99. The number of carbonyl (C=O) groups is 1. The van der Waals surface area contributed by atoms with Gasteiger partial charge in [-0.1, -0.05) is 31.8 Å². The van der Waals surface area contributed by atoms with Crippen LogP contribution in [0, 0.1) is 23.1 Å². The third-order valence-electron chi connectivity index (χ3n) is 6.38. The highest BCUT2D eigenvalue weighted by molar-refractivity contribution is 6.06. The van der Waals surface area contributed by atoms with Gasteiger partial charge in [-0.15, -0.1) is 0 Å². The summed E-state index contributed by atoms with van der Waals surface area (Å²) in [6.45, 7) is 5.83. The number of rotatable bonds is 4. The van der Waals surface area contributed by atoms with Crippen molar-refractivity contribution in [3.63, 3.8) is 0 Å². The van der Waals surface area contributed by atoms with Crippen LogP contribution in [-0.2, 0) is 6.42 Å². The fourth-order valence-corrected chi connectivity index (χ4v) is 4.38. The average molecular weight is 460 g/mol. The molecule has 34 heavy (non-hydrogen) atoms. The van der Waals surface area contributed by atoms with Crippen molar-refractivity contribution in [2.75, 3.05) is 25.5 Å². The summed E-state index contributed by atoms with van der Waals surface area (Å²) in [5, 5.41) is 9.51. The minimum Gasteiger partial charge on any atom is -0.492 e. The first-order valence-corrected chi connectivity index (χ1v) is 11.2. The zero-order valence-electron chi connectivity index (χ0n) is 19.3. The van der Waals surface area contributed by atoms with E-state index >= 15 is 0 Å². The molecule has 2 aromatic heterocycles. The quantitative estimate of drug-likeness (QED) is 0.448. The highest BCUT2D eigenvalue weighted by Crippen LogP contribution is 2.40. The van der Waals surface area contributed by atoms with Crippen LogP contribution in [0.5, 0.6) is 5.75 Å². The first-order valence-electron chi connectivity index (χ1n) is 11.2. The molecule has 1 unspecified atom stereocenters. The first-order chi connectivity index (χ1) is 16.4. The Balaban J connectivity index is 1.64. The monoisotopic (exact) mass is 459 g/mol. The van der Waals surface area contributed by atoms with Crippen LogP contribution in [0.15, 0.2) is 36.7 Å². The minimum atomic E-state index is -0.492. The SMILES string of the molecule is COc1c(F)cccc1Nc1c(-c2ccncc2C#CC2NCC2(C)C)[nH]c2c1C(=O)NCC2. The first kappa shape index (κ1) is 22.0. The third kappa shape index (κ3) is 3.78. The topological polar surface area (TPSA) is 91.1 Å². The van der Waals surface area contributed by atoms with Crippen molar-refractivity contribution in [2.45, 2.75) is 26.3 Å². The fourth-order valence-electron chi connectivity index (χ4n) is 4.38. The molecule has 8 heteroatoms. The number of amides is 1. The molecule has 3 aromatic rings. The van der Waals surface area contributed by atoms with Crippen molar-refractivity contribution in [2.24, 2.45) is 5.41 Å². The molecule has 4 heterocycles. The van der Waals surface area contributed by atoms with Gasteiger partial charge in [-0.2, -0.15) is 0 Å². The second-order valence-corrected chi connectivity index (χ2v) is 9.17. The molecule has 2 aliphatic rings. The van der Waals surface area contributed by atoms with Crippen LogP contribution in [-0.4, -0.2) is 42.1 Å². The molecule has 0 bridgehead atoms. The molecule has 7 nitrogen and oxygen atoms in total. The van der Waals surface area contributed by atoms with Gasteiger partial charge in [0.15, 0.2) is 11.6 Å². The number of benzene rings is 1. The van der Waals surface area contributed by atoms with Crippen molar-refractivity contribution in [1.82, 2.24) is 20.6 Å². The molecule has 1 atom stereocenters. The van der Waals surface area contributed by atoms with Crippen molar-refractivity contribution in [1.29, 1.82) is 0 Å². The third-order valence-corrected chi connectivity index (χ3v) is 6.38. The van der Waals surface area contributed by atoms with E-state index in [0.717, 1.165) is 23.4 Å². The number of pyridine rings is 1. The summed E-state index contributed by atoms with van der Waals surface area (Å²) in [5.41, 5.74) is 4.64. The number of anilines is 2. The van der Waals surface area contributed by atoms with Gasteiger partial charge in [0.25, 0.3) is 5.91 Å². The molecule has 4 N–H and O–H groups in total. The molecule has 1 fully saturated rings. The number of nitrogens with zero attached hydrogens (tertiary/aromatic N) is 1. The van der Waals surface area contributed by atoms with Crippen LogP contribution < -0.4 is 20.7 Å². The van der Waals surface area contributed by atoms with E-state index in [1.807, 2.05) is 6.07 Å². The number of carbonyl (C=O) groups excluding carboxylic acids is 1. The molecule has 1 aromatic carbocycles. The van der Waals surface area contributed by atoms with Gasteiger partial charge >= 0.3 is 0 Å². The molecule has 1 amide bonds. The zero-order chi connectivity index (χ0) is 23.9. The van der Waals surface area contributed by atoms with E-state index in [1.54, 1.807) is 24.5 Å². The van der Waals surface area contributed by atoms with E-state index in [-0.39, 0.29) is 23.1 Å². The van der Waals surface area contributed by atoms with E-state index in [2.05, 4.69) is 51.6 Å². The number of para-hydroxylation sites is 1. The number of ether oxygens (including phenoxy) is 1. The molecule has 0 saturated carbocycles. The van der Waals surface area contributed by atoms with Gasteiger partial charge in [-0.25, -0.2) is 4.39 Å². The van der Waals surface area contributed by atoms with E-state index < -0.39 is 5.82 Å². The number of H-pyrrole nitrogens is 1. The Bertz CT molecular complexity index is 1330. The summed E-state index contributed by atoms with van der Waals surface area (Å²) in [6, 6.07) is 6.60. The van der Waals surface area contributed by atoms with Crippen LogP contribution >= 0.6 is 0 Å². The van der Waals surface area contributed by atoms with Gasteiger partial charge in [-0.05, 0) is 18.2 Å². The number of hydrogen-bond donors (Lipinski definition) is 4. The number of nitrogens with one attached hydrogen (secondary N) is 4. The van der Waals surface area contributed by atoms with Crippen LogP contribution in [0.1, 0.15) is 35.5 Å². The lowest BCUT2D eigenvalue weighted by atomic mass is 9.77. The van der Waals surface area contributed by atoms with Crippen LogP contribution in [0.4, 0.5) is 15.8 Å². The molecule has 0 spiro atoms. The Morgan fingerprint density at radius 2 is 2.15 bits per heavy atom. The summed E-state index contributed by atoms with van der Waals surface area (Å²) >= 11 is 0. The highest BCUT2D eigenvalue weighted by atomic mass is 19.1. The predicted molar refractivity (Wildman–Crippen MR) is 129 cm³/mol. The number of aromatic nitrogens is 2. The zero-order valence-corrected chi connectivity index (χ0v) is 19.3. The van der Waals surface area contributed by atoms with Crippen molar-refractivity contribution in [3.8, 4) is 28.8 Å². The van der Waals surface area contributed by atoms with Crippen molar-refractivity contribution in [3.05, 3.63) is 59.3 Å². The maximum atomic E-state index is 14.4. The fraction of sp³-hybridized carbons (Fsp3) is 0.308. The molecular weight excluding hydrogens is 433 g/mol. The summed E-state index contributed by atoms with van der Waals surface area (Å²) < 4.78 is 19.7. The Kier molecular flexibility index (Phi) is 5.50. The smallest absolute Gasteiger partial charge is 0.255 e. The lowest BCUT2D eigenvalue weighted by Crippen LogP contribution is -2.58. The normalized spacial score (nSPS) is 18.1. The van der Waals surface area contributed by atoms with Crippen molar-refractivity contribution >= 4 is 17.3 Å². The second kappa shape index (κ2) is 8.50. The van der Waals surface area contributed by atoms with E-state index in [4.69, 9.17) is 4.74 Å². The maximum Gasteiger partial charge on any atom is 0.255 e. The van der Waals surface area contributed by atoms with E-state index in [0.29, 0.717) is 35.6 Å².